The fourth-order valence-electron chi connectivity index (χ4n) is 4.12. The third-order valence-corrected chi connectivity index (χ3v) is 5.68. The summed E-state index contributed by atoms with van der Waals surface area (Å²) in [5.41, 5.74) is 3.85. The summed E-state index contributed by atoms with van der Waals surface area (Å²) >= 11 is 0. The summed E-state index contributed by atoms with van der Waals surface area (Å²) < 4.78 is 13.3. The molecule has 0 amide bonds. The summed E-state index contributed by atoms with van der Waals surface area (Å²) in [4.78, 5) is 8.85. The van der Waals surface area contributed by atoms with Gasteiger partial charge >= 0.3 is 21.1 Å². The molecule has 0 bridgehead atoms. The van der Waals surface area contributed by atoms with Gasteiger partial charge in [-0.1, -0.05) is 29.7 Å². The first kappa shape index (κ1) is 22.8. The van der Waals surface area contributed by atoms with Crippen LogP contribution in [0.4, 0.5) is 0 Å². The van der Waals surface area contributed by atoms with Crippen molar-refractivity contribution < 1.29 is 30.5 Å². The molecule has 172 valence electrons. The Hall–Kier alpha value is -3.95. The second-order valence-corrected chi connectivity index (χ2v) is 7.74. The first-order valence-corrected chi connectivity index (χ1v) is 10.9. The maximum Gasteiger partial charge on any atom is 2.00 e. The Balaban J connectivity index is 0.00000253. The first-order chi connectivity index (χ1) is 16.8. The summed E-state index contributed by atoms with van der Waals surface area (Å²) in [5, 5.41) is 2.29. The summed E-state index contributed by atoms with van der Waals surface area (Å²) in [6, 6.07) is 34.7. The molecule has 6 heteroatoms. The molecule has 0 fully saturated rings. The van der Waals surface area contributed by atoms with E-state index in [0.29, 0.717) is 17.4 Å². The smallest absolute Gasteiger partial charge is 0.497 e. The SMILES string of the molecule is COc1ccnc(Oc2[c-]c(-c3[c-]c4c(cc3)c3ccccc3n4-c3ccccn3)ccc2)c1.[Pt+2]. The zero-order chi connectivity index (χ0) is 22.9. The van der Waals surface area contributed by atoms with E-state index >= 15 is 0 Å². The van der Waals surface area contributed by atoms with Crippen LogP contribution in [0.2, 0.25) is 0 Å². The van der Waals surface area contributed by atoms with Crippen LogP contribution in [-0.4, -0.2) is 21.6 Å². The first-order valence-electron chi connectivity index (χ1n) is 10.9. The third-order valence-electron chi connectivity index (χ3n) is 5.68. The van der Waals surface area contributed by atoms with Crippen molar-refractivity contribution in [2.45, 2.75) is 0 Å². The molecule has 5 nitrogen and oxygen atoms in total. The van der Waals surface area contributed by atoms with E-state index < -0.39 is 0 Å². The van der Waals surface area contributed by atoms with Gasteiger partial charge < -0.3 is 14.0 Å². The van der Waals surface area contributed by atoms with Crippen LogP contribution in [-0.2, 0) is 21.1 Å². The van der Waals surface area contributed by atoms with Crippen molar-refractivity contribution >= 4 is 21.8 Å². The summed E-state index contributed by atoms with van der Waals surface area (Å²) in [7, 11) is 1.61. The predicted molar refractivity (Wildman–Crippen MR) is 133 cm³/mol. The molecule has 3 heterocycles. The van der Waals surface area contributed by atoms with Gasteiger partial charge in [0.1, 0.15) is 11.6 Å². The second-order valence-electron chi connectivity index (χ2n) is 7.74. The monoisotopic (exact) mass is 636 g/mol. The van der Waals surface area contributed by atoms with Gasteiger partial charge in [0.2, 0.25) is 5.88 Å². The van der Waals surface area contributed by atoms with Gasteiger partial charge in [0, 0.05) is 29.7 Å². The minimum Gasteiger partial charge on any atom is -0.497 e. The minimum atomic E-state index is 0. The molecule has 35 heavy (non-hydrogen) atoms. The Morgan fingerprint density at radius 2 is 1.60 bits per heavy atom. The molecular weight excluding hydrogens is 617 g/mol. The molecule has 0 radical (unpaired) electrons. The molecule has 3 aromatic heterocycles. The number of aromatic nitrogens is 3. The van der Waals surface area contributed by atoms with Crippen LogP contribution in [0, 0.1) is 12.1 Å². The zero-order valence-corrected chi connectivity index (χ0v) is 21.0. The number of benzene rings is 3. The van der Waals surface area contributed by atoms with Crippen molar-refractivity contribution in [2.24, 2.45) is 0 Å². The molecular formula is C29H19N3O2Pt. The molecule has 0 atom stereocenters. The van der Waals surface area contributed by atoms with E-state index in [4.69, 9.17) is 9.47 Å². The minimum absolute atomic E-state index is 0. The fraction of sp³-hybridized carbons (Fsp3) is 0.0345. The van der Waals surface area contributed by atoms with Gasteiger partial charge in [0.25, 0.3) is 0 Å². The number of methoxy groups -OCH3 is 1. The largest absolute Gasteiger partial charge is 2.00 e. The number of fused-ring (bicyclic) bond motifs is 3. The van der Waals surface area contributed by atoms with Crippen LogP contribution in [0.1, 0.15) is 0 Å². The topological polar surface area (TPSA) is 49.2 Å². The van der Waals surface area contributed by atoms with Gasteiger partial charge in [0.15, 0.2) is 0 Å². The maximum absolute atomic E-state index is 5.94. The number of rotatable bonds is 5. The second kappa shape index (κ2) is 9.73. The number of nitrogens with zero attached hydrogens (tertiary/aromatic N) is 3. The van der Waals surface area contributed by atoms with E-state index in [1.165, 1.54) is 0 Å². The van der Waals surface area contributed by atoms with Crippen LogP contribution in [0.25, 0.3) is 38.8 Å². The van der Waals surface area contributed by atoms with E-state index in [9.17, 15) is 0 Å². The van der Waals surface area contributed by atoms with Crippen molar-refractivity contribution in [3.8, 4) is 34.3 Å². The van der Waals surface area contributed by atoms with E-state index in [1.807, 2.05) is 42.5 Å². The zero-order valence-electron chi connectivity index (χ0n) is 18.7. The number of hydrogen-bond donors (Lipinski definition) is 0. The normalized spacial score (nSPS) is 10.8. The predicted octanol–water partition coefficient (Wildman–Crippen LogP) is 6.64. The van der Waals surface area contributed by atoms with Crippen molar-refractivity contribution in [1.82, 2.24) is 14.5 Å². The van der Waals surface area contributed by atoms with Crippen LogP contribution >= 0.6 is 0 Å². The number of hydrogen-bond acceptors (Lipinski definition) is 4. The van der Waals surface area contributed by atoms with Gasteiger partial charge in [-0.2, -0.15) is 24.3 Å². The van der Waals surface area contributed by atoms with Crippen molar-refractivity contribution in [1.29, 1.82) is 0 Å². The van der Waals surface area contributed by atoms with Gasteiger partial charge in [-0.3, -0.25) is 0 Å². The average Bonchev–Trinajstić information content (AvgIpc) is 3.23. The third kappa shape index (κ3) is 4.31. The van der Waals surface area contributed by atoms with Crippen molar-refractivity contribution in [3.05, 3.63) is 109 Å². The van der Waals surface area contributed by atoms with Crippen LogP contribution in [0.3, 0.4) is 0 Å². The Labute approximate surface area is 217 Å². The Morgan fingerprint density at radius 3 is 2.46 bits per heavy atom. The molecule has 0 N–H and O–H groups in total. The van der Waals surface area contributed by atoms with Crippen LogP contribution < -0.4 is 9.47 Å². The van der Waals surface area contributed by atoms with Gasteiger partial charge in [-0.15, -0.1) is 18.2 Å². The molecule has 0 saturated heterocycles. The standard InChI is InChI=1S/C29H19N3O2.Pt/c1-33-22-14-16-31-29(19-22)34-23-8-6-7-20(17-23)21-12-13-25-24-9-2-3-10-26(24)32(27(25)18-21)28-11-4-5-15-30-28;/h2-16,19H,1H3;/q-2;+2. The van der Waals surface area contributed by atoms with Gasteiger partial charge in [-0.25, -0.2) is 21.1 Å². The Bertz CT molecular complexity index is 1630. The average molecular weight is 637 g/mol. The fourth-order valence-corrected chi connectivity index (χ4v) is 4.12. The number of ether oxygens (including phenoxy) is 2. The number of pyridine rings is 2. The molecule has 0 saturated carbocycles. The van der Waals surface area contributed by atoms with E-state index in [0.717, 1.165) is 38.8 Å². The Kier molecular flexibility index (Phi) is 6.34. The molecule has 0 unspecified atom stereocenters. The van der Waals surface area contributed by atoms with E-state index in [2.05, 4.69) is 57.0 Å². The van der Waals surface area contributed by atoms with E-state index in [1.54, 1.807) is 31.6 Å². The van der Waals surface area contributed by atoms with Crippen molar-refractivity contribution in [2.75, 3.05) is 7.11 Å². The quantitative estimate of drug-likeness (QED) is 0.199. The maximum atomic E-state index is 5.94. The number of para-hydroxylation sites is 1. The van der Waals surface area contributed by atoms with Gasteiger partial charge in [-0.05, 0) is 35.2 Å². The summed E-state index contributed by atoms with van der Waals surface area (Å²) in [5.74, 6) is 2.55. The summed E-state index contributed by atoms with van der Waals surface area (Å²) in [6.07, 6.45) is 3.46. The summed E-state index contributed by atoms with van der Waals surface area (Å²) in [6.45, 7) is 0. The van der Waals surface area contributed by atoms with E-state index in [-0.39, 0.29) is 21.1 Å². The Morgan fingerprint density at radius 1 is 0.743 bits per heavy atom. The van der Waals surface area contributed by atoms with Crippen molar-refractivity contribution in [3.63, 3.8) is 0 Å². The molecule has 0 spiro atoms. The molecule has 0 aliphatic rings. The molecule has 6 aromatic rings. The molecule has 3 aromatic carbocycles. The molecule has 0 aliphatic carbocycles. The van der Waals surface area contributed by atoms with Gasteiger partial charge in [0.05, 0.1) is 7.11 Å². The molecule has 6 rings (SSSR count). The van der Waals surface area contributed by atoms with Crippen LogP contribution in [0.5, 0.6) is 17.4 Å². The molecule has 0 aliphatic heterocycles. The van der Waals surface area contributed by atoms with Crippen LogP contribution in [0.15, 0.2) is 97.3 Å².